The van der Waals surface area contributed by atoms with Crippen LogP contribution < -0.4 is 5.32 Å². The molecule has 1 aliphatic rings. The fourth-order valence-electron chi connectivity index (χ4n) is 2.40. The third kappa shape index (κ3) is 3.66. The van der Waals surface area contributed by atoms with Gasteiger partial charge in [-0.15, -0.1) is 0 Å². The van der Waals surface area contributed by atoms with E-state index in [1.807, 2.05) is 14.0 Å². The van der Waals surface area contributed by atoms with Gasteiger partial charge in [0.05, 0.1) is 0 Å². The van der Waals surface area contributed by atoms with Crippen LogP contribution in [0.25, 0.3) is 0 Å². The molecule has 6 heteroatoms. The van der Waals surface area contributed by atoms with Crippen molar-refractivity contribution < 1.29 is 8.42 Å². The van der Waals surface area contributed by atoms with Crippen LogP contribution >= 0.6 is 0 Å². The molecule has 2 atom stereocenters. The predicted molar refractivity (Wildman–Crippen MR) is 74.7 cm³/mol. The molecule has 0 saturated carbocycles. The second-order valence-electron chi connectivity index (χ2n) is 5.26. The van der Waals surface area contributed by atoms with Crippen molar-refractivity contribution in [3.05, 3.63) is 0 Å². The van der Waals surface area contributed by atoms with Gasteiger partial charge in [0, 0.05) is 26.2 Å². The van der Waals surface area contributed by atoms with Gasteiger partial charge in [-0.05, 0) is 45.7 Å². The van der Waals surface area contributed by atoms with E-state index in [1.54, 1.807) is 11.4 Å². The molecule has 0 amide bonds. The molecular weight excluding hydrogens is 250 g/mol. The van der Waals surface area contributed by atoms with Crippen LogP contribution in [0.3, 0.4) is 0 Å². The van der Waals surface area contributed by atoms with Crippen LogP contribution in [-0.2, 0) is 10.2 Å². The van der Waals surface area contributed by atoms with Gasteiger partial charge in [0.15, 0.2) is 0 Å². The zero-order valence-corrected chi connectivity index (χ0v) is 12.8. The molecular formula is C12H27N3O2S. The van der Waals surface area contributed by atoms with Gasteiger partial charge in [-0.3, -0.25) is 0 Å². The first-order valence-corrected chi connectivity index (χ1v) is 8.18. The van der Waals surface area contributed by atoms with E-state index in [-0.39, 0.29) is 6.04 Å². The van der Waals surface area contributed by atoms with Gasteiger partial charge in [-0.2, -0.15) is 17.0 Å². The van der Waals surface area contributed by atoms with E-state index in [2.05, 4.69) is 12.2 Å². The summed E-state index contributed by atoms with van der Waals surface area (Å²) in [4.78, 5) is 0. The lowest BCUT2D eigenvalue weighted by molar-refractivity contribution is 0.191. The van der Waals surface area contributed by atoms with E-state index in [9.17, 15) is 8.42 Å². The normalized spacial score (nSPS) is 26.7. The fourth-order valence-corrected chi connectivity index (χ4v) is 4.10. The van der Waals surface area contributed by atoms with Crippen molar-refractivity contribution in [1.29, 1.82) is 0 Å². The molecule has 1 heterocycles. The molecule has 0 aromatic rings. The highest BCUT2D eigenvalue weighted by Crippen LogP contribution is 2.26. The first-order valence-electron chi connectivity index (χ1n) is 6.79. The van der Waals surface area contributed by atoms with E-state index in [0.717, 1.165) is 25.8 Å². The van der Waals surface area contributed by atoms with Crippen LogP contribution in [0.15, 0.2) is 0 Å². The Morgan fingerprint density at radius 2 is 2.06 bits per heavy atom. The quantitative estimate of drug-likeness (QED) is 0.734. The molecule has 0 spiro atoms. The molecule has 2 unspecified atom stereocenters. The minimum atomic E-state index is -3.29. The Kier molecular flexibility index (Phi) is 6.04. The molecule has 1 fully saturated rings. The summed E-state index contributed by atoms with van der Waals surface area (Å²) in [6, 6.07) is 0.107. The third-order valence-electron chi connectivity index (χ3n) is 3.91. The lowest BCUT2D eigenvalue weighted by atomic mass is 9.94. The van der Waals surface area contributed by atoms with E-state index in [1.165, 1.54) is 4.31 Å². The topological polar surface area (TPSA) is 52.7 Å². The summed E-state index contributed by atoms with van der Waals surface area (Å²) < 4.78 is 28.1. The second-order valence-corrected chi connectivity index (χ2v) is 7.25. The minimum Gasteiger partial charge on any atom is -0.320 e. The van der Waals surface area contributed by atoms with E-state index < -0.39 is 10.2 Å². The molecule has 1 N–H and O–H groups in total. The van der Waals surface area contributed by atoms with Crippen LogP contribution in [0.2, 0.25) is 0 Å². The lowest BCUT2D eigenvalue weighted by Gasteiger charge is -2.38. The van der Waals surface area contributed by atoms with Crippen LogP contribution in [0.1, 0.15) is 33.1 Å². The van der Waals surface area contributed by atoms with Crippen molar-refractivity contribution in [2.45, 2.75) is 39.2 Å². The van der Waals surface area contributed by atoms with Crippen molar-refractivity contribution in [3.8, 4) is 0 Å². The smallest absolute Gasteiger partial charge is 0.281 e. The molecule has 0 aliphatic carbocycles. The van der Waals surface area contributed by atoms with Gasteiger partial charge in [-0.25, -0.2) is 0 Å². The molecule has 0 radical (unpaired) electrons. The molecule has 18 heavy (non-hydrogen) atoms. The zero-order chi connectivity index (χ0) is 13.8. The van der Waals surface area contributed by atoms with Gasteiger partial charge in [0.2, 0.25) is 0 Å². The number of nitrogens with zero attached hydrogens (tertiary/aromatic N) is 2. The van der Waals surface area contributed by atoms with E-state index >= 15 is 0 Å². The van der Waals surface area contributed by atoms with Crippen molar-refractivity contribution in [3.63, 3.8) is 0 Å². The third-order valence-corrected chi connectivity index (χ3v) is 5.98. The summed E-state index contributed by atoms with van der Waals surface area (Å²) in [5, 5.41) is 3.03. The summed E-state index contributed by atoms with van der Waals surface area (Å²) in [5.74, 6) is 0.444. The molecule has 108 valence electrons. The molecule has 0 aromatic carbocycles. The van der Waals surface area contributed by atoms with E-state index in [0.29, 0.717) is 19.0 Å². The Hall–Kier alpha value is -0.170. The Balaban J connectivity index is 2.66. The van der Waals surface area contributed by atoms with Gasteiger partial charge >= 0.3 is 0 Å². The minimum absolute atomic E-state index is 0.107. The fraction of sp³-hybridized carbons (Fsp3) is 1.00. The molecule has 1 rings (SSSR count). The molecule has 1 aliphatic heterocycles. The average molecular weight is 277 g/mol. The molecule has 5 nitrogen and oxygen atoms in total. The molecule has 1 saturated heterocycles. The first-order chi connectivity index (χ1) is 8.41. The first kappa shape index (κ1) is 15.9. The SMILES string of the molecule is CNCCCN(C)S(=O)(=O)N1CCCC(C)C1C. The number of hydrogen-bond acceptors (Lipinski definition) is 3. The van der Waals surface area contributed by atoms with Crippen LogP contribution in [0.5, 0.6) is 0 Å². The number of nitrogens with one attached hydrogen (secondary N) is 1. The van der Waals surface area contributed by atoms with Gasteiger partial charge in [0.1, 0.15) is 0 Å². The van der Waals surface area contributed by atoms with Crippen molar-refractivity contribution in [2.75, 3.05) is 33.7 Å². The summed E-state index contributed by atoms with van der Waals surface area (Å²) in [7, 11) is 0.270. The van der Waals surface area contributed by atoms with Crippen LogP contribution in [0, 0.1) is 5.92 Å². The lowest BCUT2D eigenvalue weighted by Crippen LogP contribution is -2.51. The Labute approximate surface area is 112 Å². The summed E-state index contributed by atoms with van der Waals surface area (Å²) >= 11 is 0. The van der Waals surface area contributed by atoms with Crippen LogP contribution in [0.4, 0.5) is 0 Å². The average Bonchev–Trinajstić information content (AvgIpc) is 2.32. The summed E-state index contributed by atoms with van der Waals surface area (Å²) in [5.41, 5.74) is 0. The zero-order valence-electron chi connectivity index (χ0n) is 12.0. The Bertz CT molecular complexity index is 345. The highest BCUT2D eigenvalue weighted by molar-refractivity contribution is 7.86. The second kappa shape index (κ2) is 6.84. The number of rotatable bonds is 6. The van der Waals surface area contributed by atoms with Crippen molar-refractivity contribution >= 4 is 10.2 Å². The molecule has 0 aromatic heterocycles. The highest BCUT2D eigenvalue weighted by atomic mass is 32.2. The predicted octanol–water partition coefficient (Wildman–Crippen LogP) is 0.893. The van der Waals surface area contributed by atoms with Crippen LogP contribution in [-0.4, -0.2) is 56.8 Å². The van der Waals surface area contributed by atoms with E-state index in [4.69, 9.17) is 0 Å². The standard InChI is InChI=1S/C12H27N3O2S/c1-11-7-5-10-15(12(11)2)18(16,17)14(4)9-6-8-13-3/h11-13H,5-10H2,1-4H3. The molecule has 0 bridgehead atoms. The Morgan fingerprint density at radius 3 is 2.67 bits per heavy atom. The largest absolute Gasteiger partial charge is 0.320 e. The maximum absolute atomic E-state index is 12.5. The maximum Gasteiger partial charge on any atom is 0.281 e. The maximum atomic E-state index is 12.5. The number of piperidine rings is 1. The van der Waals surface area contributed by atoms with Gasteiger partial charge in [-0.1, -0.05) is 6.92 Å². The van der Waals surface area contributed by atoms with Crippen molar-refractivity contribution in [1.82, 2.24) is 13.9 Å². The summed E-state index contributed by atoms with van der Waals surface area (Å²) in [6.45, 7) is 6.22. The van der Waals surface area contributed by atoms with Gasteiger partial charge in [0.25, 0.3) is 10.2 Å². The van der Waals surface area contributed by atoms with Crippen molar-refractivity contribution in [2.24, 2.45) is 5.92 Å². The summed E-state index contributed by atoms with van der Waals surface area (Å²) in [6.07, 6.45) is 2.93. The van der Waals surface area contributed by atoms with Gasteiger partial charge < -0.3 is 5.32 Å². The number of hydrogen-bond donors (Lipinski definition) is 1. The monoisotopic (exact) mass is 277 g/mol. The highest BCUT2D eigenvalue weighted by Gasteiger charge is 2.35. The Morgan fingerprint density at radius 1 is 1.39 bits per heavy atom.